The Labute approximate surface area is 111 Å². The van der Waals surface area contributed by atoms with E-state index in [1.54, 1.807) is 0 Å². The van der Waals surface area contributed by atoms with Crippen LogP contribution in [-0.2, 0) is 9.53 Å². The third kappa shape index (κ3) is 4.97. The van der Waals surface area contributed by atoms with Crippen molar-refractivity contribution in [1.82, 2.24) is 0 Å². The van der Waals surface area contributed by atoms with E-state index in [1.807, 2.05) is 20.8 Å². The minimum Gasteiger partial charge on any atom is -0.460 e. The lowest BCUT2D eigenvalue weighted by atomic mass is 9.84. The molecule has 18 heavy (non-hydrogen) atoms. The molecule has 1 rings (SSSR count). The first kappa shape index (κ1) is 15.5. The predicted molar refractivity (Wildman–Crippen MR) is 74.2 cm³/mol. The smallest absolute Gasteiger partial charge is 0.309 e. The number of hydrogen-bond acceptors (Lipinski definition) is 3. The lowest BCUT2D eigenvalue weighted by Crippen LogP contribution is -2.41. The van der Waals surface area contributed by atoms with Gasteiger partial charge in [-0.2, -0.15) is 0 Å². The third-order valence-electron chi connectivity index (χ3n) is 3.63. The average Bonchev–Trinajstić information content (AvgIpc) is 2.62. The van der Waals surface area contributed by atoms with Crippen LogP contribution in [0.3, 0.4) is 0 Å². The molecule has 1 saturated carbocycles. The van der Waals surface area contributed by atoms with Crippen molar-refractivity contribution in [2.45, 2.75) is 83.8 Å². The molecule has 0 heterocycles. The molecule has 106 valence electrons. The van der Waals surface area contributed by atoms with E-state index in [-0.39, 0.29) is 17.4 Å². The molecule has 1 aliphatic carbocycles. The Morgan fingerprint density at radius 3 is 2.33 bits per heavy atom. The van der Waals surface area contributed by atoms with Crippen molar-refractivity contribution in [3.63, 3.8) is 0 Å². The molecule has 1 aliphatic rings. The molecule has 0 radical (unpaired) electrons. The molecule has 0 bridgehead atoms. The van der Waals surface area contributed by atoms with Gasteiger partial charge >= 0.3 is 5.97 Å². The summed E-state index contributed by atoms with van der Waals surface area (Å²) in [6.45, 7) is 7.86. The van der Waals surface area contributed by atoms with E-state index < -0.39 is 5.60 Å². The van der Waals surface area contributed by atoms with Crippen molar-refractivity contribution < 1.29 is 9.53 Å². The molecule has 0 spiro atoms. The topological polar surface area (TPSA) is 52.3 Å². The van der Waals surface area contributed by atoms with Gasteiger partial charge in [0, 0.05) is 5.54 Å². The number of carbonyl (C=O) groups is 1. The van der Waals surface area contributed by atoms with Gasteiger partial charge in [-0.25, -0.2) is 0 Å². The standard InChI is InChI=1S/C15H29NO2/c1-5-8-12(13(17)18-14(2,3)4)11-15(16)9-6-7-10-15/h12H,5-11,16H2,1-4H3/t12-/m0/s1. The zero-order chi connectivity index (χ0) is 13.8. The van der Waals surface area contributed by atoms with Crippen molar-refractivity contribution in [2.24, 2.45) is 11.7 Å². The Hall–Kier alpha value is -0.570. The normalized spacial score (nSPS) is 20.7. The van der Waals surface area contributed by atoms with Crippen molar-refractivity contribution in [2.75, 3.05) is 0 Å². The molecule has 1 atom stereocenters. The van der Waals surface area contributed by atoms with Crippen molar-refractivity contribution >= 4 is 5.97 Å². The quantitative estimate of drug-likeness (QED) is 0.766. The summed E-state index contributed by atoms with van der Waals surface area (Å²) in [5.41, 5.74) is 5.85. The van der Waals surface area contributed by atoms with Crippen LogP contribution in [0.25, 0.3) is 0 Å². The molecule has 0 amide bonds. The highest BCUT2D eigenvalue weighted by Crippen LogP contribution is 2.34. The van der Waals surface area contributed by atoms with Gasteiger partial charge in [0.05, 0.1) is 5.92 Å². The maximum Gasteiger partial charge on any atom is 0.309 e. The number of esters is 1. The highest BCUT2D eigenvalue weighted by molar-refractivity contribution is 5.73. The van der Waals surface area contributed by atoms with Gasteiger partial charge in [-0.1, -0.05) is 26.2 Å². The van der Waals surface area contributed by atoms with Gasteiger partial charge in [0.1, 0.15) is 5.60 Å². The van der Waals surface area contributed by atoms with Gasteiger partial charge < -0.3 is 10.5 Å². The van der Waals surface area contributed by atoms with Crippen LogP contribution in [0.4, 0.5) is 0 Å². The maximum atomic E-state index is 12.2. The van der Waals surface area contributed by atoms with Gasteiger partial charge in [-0.15, -0.1) is 0 Å². The molecule has 3 nitrogen and oxygen atoms in total. The summed E-state index contributed by atoms with van der Waals surface area (Å²) in [4.78, 5) is 12.2. The molecule has 0 aromatic rings. The lowest BCUT2D eigenvalue weighted by molar-refractivity contribution is -0.161. The molecule has 0 unspecified atom stereocenters. The number of nitrogens with two attached hydrogens (primary N) is 1. The first-order valence-corrected chi connectivity index (χ1v) is 7.27. The first-order chi connectivity index (χ1) is 8.26. The second kappa shape index (κ2) is 6.05. The van der Waals surface area contributed by atoms with E-state index in [9.17, 15) is 4.79 Å². The number of hydrogen-bond donors (Lipinski definition) is 1. The van der Waals surface area contributed by atoms with Crippen LogP contribution >= 0.6 is 0 Å². The molecule has 0 aromatic heterocycles. The van der Waals surface area contributed by atoms with Crippen molar-refractivity contribution in [1.29, 1.82) is 0 Å². The summed E-state index contributed by atoms with van der Waals surface area (Å²) in [5, 5.41) is 0. The Balaban J connectivity index is 2.61. The number of rotatable bonds is 5. The largest absolute Gasteiger partial charge is 0.460 e. The molecular formula is C15H29NO2. The summed E-state index contributed by atoms with van der Waals surface area (Å²) >= 11 is 0. The Bertz CT molecular complexity index is 275. The maximum absolute atomic E-state index is 12.2. The monoisotopic (exact) mass is 255 g/mol. The van der Waals surface area contributed by atoms with Crippen LogP contribution in [0, 0.1) is 5.92 Å². The highest BCUT2D eigenvalue weighted by atomic mass is 16.6. The summed E-state index contributed by atoms with van der Waals surface area (Å²) in [6, 6.07) is 0. The van der Waals surface area contributed by atoms with Crippen molar-refractivity contribution in [3.05, 3.63) is 0 Å². The predicted octanol–water partition coefficient (Wildman–Crippen LogP) is 3.41. The fourth-order valence-electron chi connectivity index (χ4n) is 2.81. The van der Waals surface area contributed by atoms with Crippen LogP contribution < -0.4 is 5.73 Å². The second-order valence-electron chi connectivity index (χ2n) is 6.79. The van der Waals surface area contributed by atoms with Crippen molar-refractivity contribution in [3.8, 4) is 0 Å². The second-order valence-corrected chi connectivity index (χ2v) is 6.79. The molecule has 0 saturated heterocycles. The molecule has 0 aromatic carbocycles. The average molecular weight is 255 g/mol. The van der Waals surface area contributed by atoms with E-state index >= 15 is 0 Å². The summed E-state index contributed by atoms with van der Waals surface area (Å²) in [5.74, 6) is -0.0987. The van der Waals surface area contributed by atoms with Crippen LogP contribution in [-0.4, -0.2) is 17.1 Å². The van der Waals surface area contributed by atoms with Gasteiger partial charge in [0.25, 0.3) is 0 Å². The van der Waals surface area contributed by atoms with Gasteiger partial charge in [0.15, 0.2) is 0 Å². The molecule has 3 heteroatoms. The number of ether oxygens (including phenoxy) is 1. The Kier molecular flexibility index (Phi) is 5.20. The molecule has 0 aliphatic heterocycles. The summed E-state index contributed by atoms with van der Waals surface area (Å²) < 4.78 is 5.51. The minimum atomic E-state index is -0.402. The van der Waals surface area contributed by atoms with Crippen LogP contribution in [0.15, 0.2) is 0 Å². The minimum absolute atomic E-state index is 0.0303. The van der Waals surface area contributed by atoms with E-state index in [4.69, 9.17) is 10.5 Å². The van der Waals surface area contributed by atoms with Gasteiger partial charge in [0.2, 0.25) is 0 Å². The zero-order valence-electron chi connectivity index (χ0n) is 12.4. The first-order valence-electron chi connectivity index (χ1n) is 7.27. The van der Waals surface area contributed by atoms with E-state index in [2.05, 4.69) is 6.92 Å². The number of carbonyl (C=O) groups excluding carboxylic acids is 1. The van der Waals surface area contributed by atoms with Gasteiger partial charge in [-0.3, -0.25) is 4.79 Å². The lowest BCUT2D eigenvalue weighted by Gasteiger charge is -2.30. The summed E-state index contributed by atoms with van der Waals surface area (Å²) in [7, 11) is 0. The van der Waals surface area contributed by atoms with E-state index in [0.717, 1.165) is 32.1 Å². The molecule has 2 N–H and O–H groups in total. The molecular weight excluding hydrogens is 226 g/mol. The highest BCUT2D eigenvalue weighted by Gasteiger charge is 2.35. The SMILES string of the molecule is CCC[C@@H](CC1(N)CCCC1)C(=O)OC(C)(C)C. The molecule has 1 fully saturated rings. The van der Waals surface area contributed by atoms with Crippen LogP contribution in [0.5, 0.6) is 0 Å². The zero-order valence-corrected chi connectivity index (χ0v) is 12.4. The fraction of sp³-hybridized carbons (Fsp3) is 0.933. The Morgan fingerprint density at radius 1 is 1.33 bits per heavy atom. The van der Waals surface area contributed by atoms with E-state index in [0.29, 0.717) is 0 Å². The summed E-state index contributed by atoms with van der Waals surface area (Å²) in [6.07, 6.45) is 7.17. The van der Waals surface area contributed by atoms with Gasteiger partial charge in [-0.05, 0) is 46.5 Å². The van der Waals surface area contributed by atoms with Crippen LogP contribution in [0.1, 0.15) is 72.6 Å². The Morgan fingerprint density at radius 2 is 1.89 bits per heavy atom. The fourth-order valence-corrected chi connectivity index (χ4v) is 2.81. The van der Waals surface area contributed by atoms with Crippen LogP contribution in [0.2, 0.25) is 0 Å². The third-order valence-corrected chi connectivity index (χ3v) is 3.63. The van der Waals surface area contributed by atoms with E-state index in [1.165, 1.54) is 12.8 Å².